The molecule has 0 aromatic carbocycles. The third-order valence-corrected chi connectivity index (χ3v) is 4.91. The van der Waals surface area contributed by atoms with Gasteiger partial charge in [0, 0.05) is 31.7 Å². The first kappa shape index (κ1) is 13.3. The van der Waals surface area contributed by atoms with E-state index >= 15 is 0 Å². The molecule has 17 heavy (non-hydrogen) atoms. The van der Waals surface area contributed by atoms with E-state index in [4.69, 9.17) is 9.47 Å². The number of hydrogen-bond donors (Lipinski definition) is 1. The van der Waals surface area contributed by atoms with Crippen molar-refractivity contribution in [1.82, 2.24) is 5.32 Å². The molecule has 1 N–H and O–H groups in total. The van der Waals surface area contributed by atoms with E-state index in [1.807, 2.05) is 7.11 Å². The van der Waals surface area contributed by atoms with E-state index in [2.05, 4.69) is 26.1 Å². The first-order valence-corrected chi connectivity index (χ1v) is 6.94. The summed E-state index contributed by atoms with van der Waals surface area (Å²) in [5.41, 5.74) is 0.390. The van der Waals surface area contributed by atoms with Crippen molar-refractivity contribution < 1.29 is 9.47 Å². The van der Waals surface area contributed by atoms with Gasteiger partial charge in [-0.3, -0.25) is 0 Å². The summed E-state index contributed by atoms with van der Waals surface area (Å²) >= 11 is 0. The number of nitrogens with one attached hydrogen (secondary N) is 1. The Hall–Kier alpha value is -0.120. The zero-order chi connectivity index (χ0) is 12.5. The van der Waals surface area contributed by atoms with Gasteiger partial charge in [0.1, 0.15) is 0 Å². The zero-order valence-corrected chi connectivity index (χ0v) is 11.7. The maximum Gasteiger partial charge on any atom is 0.0802 e. The summed E-state index contributed by atoms with van der Waals surface area (Å²) in [4.78, 5) is 0. The van der Waals surface area contributed by atoms with Crippen molar-refractivity contribution in [2.24, 2.45) is 5.41 Å². The minimum atomic E-state index is 0.132. The predicted molar refractivity (Wildman–Crippen MR) is 69.2 cm³/mol. The molecule has 2 unspecified atom stereocenters. The molecule has 2 rings (SSSR count). The lowest BCUT2D eigenvalue weighted by molar-refractivity contribution is -0.126. The maximum absolute atomic E-state index is 5.75. The van der Waals surface area contributed by atoms with Crippen LogP contribution in [0.25, 0.3) is 0 Å². The molecule has 0 aliphatic heterocycles. The van der Waals surface area contributed by atoms with Crippen molar-refractivity contribution in [3.63, 3.8) is 0 Å². The van der Waals surface area contributed by atoms with Gasteiger partial charge in [0.25, 0.3) is 0 Å². The first-order valence-electron chi connectivity index (χ1n) is 6.94. The summed E-state index contributed by atoms with van der Waals surface area (Å²) in [5.74, 6) is 0. The van der Waals surface area contributed by atoms with Crippen LogP contribution in [-0.2, 0) is 9.47 Å². The lowest BCUT2D eigenvalue weighted by Gasteiger charge is -2.53. The highest BCUT2D eigenvalue weighted by atomic mass is 16.5. The van der Waals surface area contributed by atoms with Gasteiger partial charge in [-0.25, -0.2) is 0 Å². The predicted octanol–water partition coefficient (Wildman–Crippen LogP) is 2.35. The van der Waals surface area contributed by atoms with Crippen LogP contribution >= 0.6 is 0 Å². The first-order chi connectivity index (χ1) is 8.04. The molecule has 2 aliphatic rings. The molecular weight excluding hydrogens is 214 g/mol. The molecule has 100 valence electrons. The van der Waals surface area contributed by atoms with Crippen LogP contribution in [0.3, 0.4) is 0 Å². The van der Waals surface area contributed by atoms with E-state index in [-0.39, 0.29) is 11.0 Å². The van der Waals surface area contributed by atoms with Gasteiger partial charge in [-0.15, -0.1) is 0 Å². The minimum absolute atomic E-state index is 0.132. The average molecular weight is 241 g/mol. The van der Waals surface area contributed by atoms with Crippen molar-refractivity contribution in [2.45, 2.75) is 64.2 Å². The number of rotatable bonds is 6. The van der Waals surface area contributed by atoms with Crippen LogP contribution in [0.5, 0.6) is 0 Å². The molecule has 0 aromatic heterocycles. The second-order valence-electron chi connectivity index (χ2n) is 6.18. The third-order valence-electron chi connectivity index (χ3n) is 4.91. The standard InChI is InChI=1S/C14H27NO2/c1-5-17-12-9-11(13(12,2)3)15-10-14(16-4)7-6-8-14/h11-12,15H,5-10H2,1-4H3. The molecule has 2 saturated carbocycles. The van der Waals surface area contributed by atoms with E-state index in [0.717, 1.165) is 19.6 Å². The second-order valence-corrected chi connectivity index (χ2v) is 6.18. The number of ether oxygens (including phenoxy) is 2. The van der Waals surface area contributed by atoms with Crippen LogP contribution in [0.4, 0.5) is 0 Å². The Balaban J connectivity index is 1.78. The minimum Gasteiger partial charge on any atom is -0.378 e. The highest BCUT2D eigenvalue weighted by Crippen LogP contribution is 2.43. The summed E-state index contributed by atoms with van der Waals surface area (Å²) in [6, 6.07) is 0.576. The van der Waals surface area contributed by atoms with Gasteiger partial charge >= 0.3 is 0 Å². The molecule has 0 bridgehead atoms. The molecule has 0 radical (unpaired) electrons. The van der Waals surface area contributed by atoms with E-state index in [1.165, 1.54) is 19.3 Å². The summed E-state index contributed by atoms with van der Waals surface area (Å²) in [6.45, 7) is 8.49. The Morgan fingerprint density at radius 3 is 2.41 bits per heavy atom. The number of methoxy groups -OCH3 is 1. The topological polar surface area (TPSA) is 30.5 Å². The molecule has 0 amide bonds. The maximum atomic E-state index is 5.75. The van der Waals surface area contributed by atoms with E-state index < -0.39 is 0 Å². The number of hydrogen-bond acceptors (Lipinski definition) is 3. The van der Waals surface area contributed by atoms with Crippen LogP contribution in [0, 0.1) is 5.41 Å². The van der Waals surface area contributed by atoms with Gasteiger partial charge in [-0.1, -0.05) is 13.8 Å². The van der Waals surface area contributed by atoms with Crippen molar-refractivity contribution in [1.29, 1.82) is 0 Å². The SMILES string of the molecule is CCOC1CC(NCC2(OC)CCC2)C1(C)C. The average Bonchev–Trinajstić information content (AvgIpc) is 2.25. The van der Waals surface area contributed by atoms with E-state index in [9.17, 15) is 0 Å². The lowest BCUT2D eigenvalue weighted by Crippen LogP contribution is -2.63. The van der Waals surface area contributed by atoms with Crippen LogP contribution in [0.15, 0.2) is 0 Å². The third kappa shape index (κ3) is 2.38. The zero-order valence-electron chi connectivity index (χ0n) is 11.7. The Labute approximate surface area is 105 Å². The smallest absolute Gasteiger partial charge is 0.0802 e. The molecule has 3 heteroatoms. The fourth-order valence-corrected chi connectivity index (χ4v) is 3.05. The van der Waals surface area contributed by atoms with Crippen LogP contribution in [0.2, 0.25) is 0 Å². The van der Waals surface area contributed by atoms with Gasteiger partial charge in [-0.2, -0.15) is 0 Å². The second kappa shape index (κ2) is 4.87. The van der Waals surface area contributed by atoms with Gasteiger partial charge < -0.3 is 14.8 Å². The largest absolute Gasteiger partial charge is 0.378 e. The molecule has 2 fully saturated rings. The normalized spacial score (nSPS) is 33.9. The van der Waals surface area contributed by atoms with Crippen LogP contribution in [-0.4, -0.2) is 38.0 Å². The summed E-state index contributed by atoms with van der Waals surface area (Å²) in [5, 5.41) is 3.69. The van der Waals surface area contributed by atoms with Crippen molar-refractivity contribution in [2.75, 3.05) is 20.3 Å². The van der Waals surface area contributed by atoms with Crippen LogP contribution in [0.1, 0.15) is 46.5 Å². The molecule has 2 aliphatic carbocycles. The van der Waals surface area contributed by atoms with Gasteiger partial charge in [0.15, 0.2) is 0 Å². The summed E-state index contributed by atoms with van der Waals surface area (Å²) < 4.78 is 11.4. The Morgan fingerprint density at radius 2 is 2.00 bits per heavy atom. The molecule has 2 atom stereocenters. The molecule has 0 saturated heterocycles. The molecular formula is C14H27NO2. The van der Waals surface area contributed by atoms with Gasteiger partial charge in [-0.05, 0) is 32.6 Å². The quantitative estimate of drug-likeness (QED) is 0.774. The highest BCUT2D eigenvalue weighted by Gasteiger charge is 2.49. The fourth-order valence-electron chi connectivity index (χ4n) is 3.05. The van der Waals surface area contributed by atoms with Crippen LogP contribution < -0.4 is 5.32 Å². The molecule has 0 spiro atoms. The van der Waals surface area contributed by atoms with E-state index in [0.29, 0.717) is 12.1 Å². The lowest BCUT2D eigenvalue weighted by atomic mass is 9.64. The molecule has 3 nitrogen and oxygen atoms in total. The molecule has 0 heterocycles. The Morgan fingerprint density at radius 1 is 1.29 bits per heavy atom. The summed E-state index contributed by atoms with van der Waals surface area (Å²) in [7, 11) is 1.84. The van der Waals surface area contributed by atoms with Crippen molar-refractivity contribution in [3.05, 3.63) is 0 Å². The van der Waals surface area contributed by atoms with Gasteiger partial charge in [0.2, 0.25) is 0 Å². The van der Waals surface area contributed by atoms with Crippen molar-refractivity contribution >= 4 is 0 Å². The van der Waals surface area contributed by atoms with Gasteiger partial charge in [0.05, 0.1) is 11.7 Å². The van der Waals surface area contributed by atoms with Crippen molar-refractivity contribution in [3.8, 4) is 0 Å². The Kier molecular flexibility index (Phi) is 3.81. The Bertz CT molecular complexity index is 255. The highest BCUT2D eigenvalue weighted by molar-refractivity contribution is 5.04. The van der Waals surface area contributed by atoms with E-state index in [1.54, 1.807) is 0 Å². The molecule has 0 aromatic rings. The summed E-state index contributed by atoms with van der Waals surface area (Å²) in [6.07, 6.45) is 5.29. The fraction of sp³-hybridized carbons (Fsp3) is 1.00. The monoisotopic (exact) mass is 241 g/mol.